The highest BCUT2D eigenvalue weighted by Gasteiger charge is 2.37. The molecule has 4 aromatic rings. The zero-order valence-corrected chi connectivity index (χ0v) is 31.3. The lowest BCUT2D eigenvalue weighted by molar-refractivity contribution is -0.147. The van der Waals surface area contributed by atoms with Crippen LogP contribution in [0.3, 0.4) is 0 Å². The van der Waals surface area contributed by atoms with Gasteiger partial charge in [-0.05, 0) is 52.6 Å². The fourth-order valence-corrected chi connectivity index (χ4v) is 7.53. The maximum absolute atomic E-state index is 14.4. The standard InChI is InChI=1S/C44H48N4O7/c1-47(42(51)38(28-40(49)54-2)46-44(53)55-29-36-34-22-12-10-20-32(34)33-21-11-13-23-35(33)36)39(27-31-18-8-4-9-19-31)41(50)45-37(26-30-16-6-3-7-17-30)43(52)48-24-14-5-15-25-48/h3-4,6-13,16-23,36-39H,5,14-15,24-29H2,1-2H3,(H,45,50)(H,46,53)/t37-,38-,39-/m0/s1. The Hall–Kier alpha value is -5.97. The Morgan fingerprint density at radius 3 is 1.84 bits per heavy atom. The maximum Gasteiger partial charge on any atom is 0.407 e. The number of fused-ring (bicyclic) bond motifs is 3. The second-order valence-corrected chi connectivity index (χ2v) is 14.1. The first kappa shape index (κ1) is 38.7. The summed E-state index contributed by atoms with van der Waals surface area (Å²) in [5.74, 6) is -2.36. The summed E-state index contributed by atoms with van der Waals surface area (Å²) in [7, 11) is 2.65. The third-order valence-corrected chi connectivity index (χ3v) is 10.5. The van der Waals surface area contributed by atoms with Crippen molar-refractivity contribution in [3.8, 4) is 11.1 Å². The van der Waals surface area contributed by atoms with Crippen LogP contribution in [0.5, 0.6) is 0 Å². The highest BCUT2D eigenvalue weighted by atomic mass is 16.5. The topological polar surface area (TPSA) is 134 Å². The first-order valence-electron chi connectivity index (χ1n) is 18.9. The van der Waals surface area contributed by atoms with Crippen molar-refractivity contribution in [2.75, 3.05) is 33.9 Å². The van der Waals surface area contributed by atoms with E-state index >= 15 is 0 Å². The average Bonchev–Trinajstić information content (AvgIpc) is 3.55. The second kappa shape index (κ2) is 18.4. The minimum Gasteiger partial charge on any atom is -0.469 e. The van der Waals surface area contributed by atoms with E-state index in [1.54, 1.807) is 4.90 Å². The molecule has 1 fully saturated rings. The number of nitrogens with zero attached hydrogens (tertiary/aromatic N) is 2. The second-order valence-electron chi connectivity index (χ2n) is 14.1. The number of piperidine rings is 1. The number of nitrogens with one attached hydrogen (secondary N) is 2. The predicted molar refractivity (Wildman–Crippen MR) is 208 cm³/mol. The quantitative estimate of drug-likeness (QED) is 0.168. The van der Waals surface area contributed by atoms with Gasteiger partial charge in [-0.3, -0.25) is 19.2 Å². The first-order chi connectivity index (χ1) is 26.7. The van der Waals surface area contributed by atoms with Gasteiger partial charge in [-0.15, -0.1) is 0 Å². The van der Waals surface area contributed by atoms with Crippen molar-refractivity contribution in [2.24, 2.45) is 0 Å². The van der Waals surface area contributed by atoms with Crippen LogP contribution in [0.25, 0.3) is 11.1 Å². The van der Waals surface area contributed by atoms with E-state index in [9.17, 15) is 24.0 Å². The van der Waals surface area contributed by atoms with Crippen molar-refractivity contribution in [3.63, 3.8) is 0 Å². The maximum atomic E-state index is 14.4. The van der Waals surface area contributed by atoms with Gasteiger partial charge in [0.15, 0.2) is 0 Å². The Kier molecular flexibility index (Phi) is 12.9. The van der Waals surface area contributed by atoms with E-state index in [1.165, 1.54) is 19.1 Å². The van der Waals surface area contributed by atoms with Crippen LogP contribution in [0, 0.1) is 0 Å². The number of likely N-dealkylation sites (tertiary alicyclic amines) is 1. The van der Waals surface area contributed by atoms with E-state index in [1.807, 2.05) is 109 Å². The molecule has 11 nitrogen and oxygen atoms in total. The molecule has 2 aliphatic rings. The minimum absolute atomic E-state index is 0.00171. The van der Waals surface area contributed by atoms with Gasteiger partial charge in [0.2, 0.25) is 17.7 Å². The van der Waals surface area contributed by atoms with Crippen LogP contribution < -0.4 is 10.6 Å². The number of rotatable bonds is 14. The molecule has 0 saturated carbocycles. The fourth-order valence-electron chi connectivity index (χ4n) is 7.53. The Labute approximate surface area is 322 Å². The van der Waals surface area contributed by atoms with Crippen LogP contribution in [0.1, 0.15) is 53.9 Å². The number of hydrogen-bond donors (Lipinski definition) is 2. The molecular weight excluding hydrogens is 697 g/mol. The predicted octanol–water partition coefficient (Wildman–Crippen LogP) is 5.27. The van der Waals surface area contributed by atoms with E-state index in [4.69, 9.17) is 9.47 Å². The third kappa shape index (κ3) is 9.59. The number of amides is 4. The van der Waals surface area contributed by atoms with Crippen LogP contribution in [0.4, 0.5) is 4.79 Å². The fraction of sp³-hybridized carbons (Fsp3) is 0.341. The van der Waals surface area contributed by atoms with Crippen molar-refractivity contribution >= 4 is 29.8 Å². The summed E-state index contributed by atoms with van der Waals surface area (Å²) >= 11 is 0. The van der Waals surface area contributed by atoms with Crippen LogP contribution in [0.15, 0.2) is 109 Å². The molecule has 6 rings (SSSR count). The van der Waals surface area contributed by atoms with Crippen LogP contribution in [-0.4, -0.2) is 91.6 Å². The Morgan fingerprint density at radius 1 is 0.709 bits per heavy atom. The molecule has 4 amide bonds. The van der Waals surface area contributed by atoms with Crippen molar-refractivity contribution in [1.29, 1.82) is 0 Å². The molecule has 0 spiro atoms. The molecule has 1 aliphatic heterocycles. The van der Waals surface area contributed by atoms with E-state index in [-0.39, 0.29) is 31.3 Å². The molecular formula is C44H48N4O7. The summed E-state index contributed by atoms with van der Waals surface area (Å²) in [4.78, 5) is 71.6. The SMILES string of the molecule is COC(=O)C[C@H](NC(=O)OCC1c2ccccc2-c2ccccc21)C(=O)N(C)[C@@H](Cc1ccccc1)C(=O)N[C@@H](Cc1ccccc1)C(=O)N1CCCCC1. The van der Waals surface area contributed by atoms with E-state index < -0.39 is 48.4 Å². The molecule has 0 aromatic heterocycles. The number of likely N-dealkylation sites (N-methyl/N-ethyl adjacent to an activating group) is 1. The minimum atomic E-state index is -1.41. The summed E-state index contributed by atoms with van der Waals surface area (Å²) in [5, 5.41) is 5.57. The Bertz CT molecular complexity index is 1920. The molecule has 11 heteroatoms. The molecule has 0 radical (unpaired) electrons. The molecule has 1 heterocycles. The van der Waals surface area contributed by atoms with Gasteiger partial charge in [0, 0.05) is 38.9 Å². The van der Waals surface area contributed by atoms with Gasteiger partial charge in [-0.2, -0.15) is 0 Å². The summed E-state index contributed by atoms with van der Waals surface area (Å²) in [6.07, 6.45) is 1.83. The van der Waals surface area contributed by atoms with Gasteiger partial charge < -0.3 is 29.9 Å². The summed E-state index contributed by atoms with van der Waals surface area (Å²) in [5.41, 5.74) is 5.85. The molecule has 286 valence electrons. The molecule has 55 heavy (non-hydrogen) atoms. The Balaban J connectivity index is 1.21. The lowest BCUT2D eigenvalue weighted by Crippen LogP contribution is -2.59. The van der Waals surface area contributed by atoms with Gasteiger partial charge >= 0.3 is 12.1 Å². The van der Waals surface area contributed by atoms with E-state index in [0.29, 0.717) is 13.1 Å². The number of carbonyl (C=O) groups is 5. The number of ether oxygens (including phenoxy) is 2. The summed E-state index contributed by atoms with van der Waals surface area (Å²) in [6.45, 7) is 1.23. The smallest absolute Gasteiger partial charge is 0.407 e. The van der Waals surface area contributed by atoms with Gasteiger partial charge in [0.1, 0.15) is 24.7 Å². The normalized spacial score (nSPS) is 15.1. The van der Waals surface area contributed by atoms with Gasteiger partial charge in [0.05, 0.1) is 13.5 Å². The molecule has 3 atom stereocenters. The van der Waals surface area contributed by atoms with Crippen molar-refractivity contribution < 1.29 is 33.4 Å². The molecule has 0 bridgehead atoms. The van der Waals surface area contributed by atoms with Gasteiger partial charge in [-0.25, -0.2) is 4.79 Å². The lowest BCUT2D eigenvalue weighted by Gasteiger charge is -2.34. The van der Waals surface area contributed by atoms with Crippen LogP contribution >= 0.6 is 0 Å². The number of esters is 1. The molecule has 2 N–H and O–H groups in total. The van der Waals surface area contributed by atoms with Gasteiger partial charge in [-0.1, -0.05) is 109 Å². The average molecular weight is 745 g/mol. The number of hydrogen-bond acceptors (Lipinski definition) is 7. The largest absolute Gasteiger partial charge is 0.469 e. The van der Waals surface area contributed by atoms with E-state index in [0.717, 1.165) is 52.6 Å². The number of carbonyl (C=O) groups excluding carboxylic acids is 5. The van der Waals surface area contributed by atoms with Crippen molar-refractivity contribution in [3.05, 3.63) is 131 Å². The summed E-state index contributed by atoms with van der Waals surface area (Å²) in [6, 6.07) is 31.2. The van der Waals surface area contributed by atoms with Crippen LogP contribution in [0.2, 0.25) is 0 Å². The molecule has 4 aromatic carbocycles. The third-order valence-electron chi connectivity index (χ3n) is 10.5. The zero-order valence-electron chi connectivity index (χ0n) is 31.3. The van der Waals surface area contributed by atoms with Crippen LogP contribution in [-0.2, 0) is 41.5 Å². The highest BCUT2D eigenvalue weighted by molar-refractivity contribution is 5.95. The van der Waals surface area contributed by atoms with E-state index in [2.05, 4.69) is 10.6 Å². The van der Waals surface area contributed by atoms with Crippen molar-refractivity contribution in [1.82, 2.24) is 20.4 Å². The summed E-state index contributed by atoms with van der Waals surface area (Å²) < 4.78 is 10.6. The number of benzene rings is 4. The van der Waals surface area contributed by atoms with Crippen molar-refractivity contribution in [2.45, 2.75) is 62.6 Å². The zero-order chi connectivity index (χ0) is 38.7. The number of alkyl carbamates (subject to hydrolysis) is 1. The lowest BCUT2D eigenvalue weighted by atomic mass is 9.98. The first-order valence-corrected chi connectivity index (χ1v) is 18.9. The highest BCUT2D eigenvalue weighted by Crippen LogP contribution is 2.44. The number of methoxy groups -OCH3 is 1. The molecule has 1 aliphatic carbocycles. The monoisotopic (exact) mass is 744 g/mol. The molecule has 1 saturated heterocycles. The van der Waals surface area contributed by atoms with Gasteiger partial charge in [0.25, 0.3) is 0 Å². The molecule has 0 unspecified atom stereocenters. The Morgan fingerprint density at radius 2 is 1.25 bits per heavy atom.